The molecule has 1 amide bonds. The highest BCUT2D eigenvalue weighted by atomic mass is 35.5. The zero-order valence-corrected chi connectivity index (χ0v) is 16.8. The van der Waals surface area contributed by atoms with Gasteiger partial charge in [0.05, 0.1) is 11.9 Å². The van der Waals surface area contributed by atoms with Crippen LogP contribution in [0.1, 0.15) is 27.9 Å². The van der Waals surface area contributed by atoms with E-state index in [4.69, 9.17) is 5.73 Å². The summed E-state index contributed by atoms with van der Waals surface area (Å²) < 4.78 is 25.2. The zero-order chi connectivity index (χ0) is 18.7. The number of fused-ring (bicyclic) bond motifs is 1. The Morgan fingerprint density at radius 1 is 1.19 bits per heavy atom. The molecule has 8 heteroatoms. The molecule has 1 aliphatic rings. The number of nitrogens with zero attached hydrogens (tertiary/aromatic N) is 1. The molecule has 2 aromatic rings. The molecule has 27 heavy (non-hydrogen) atoms. The minimum atomic E-state index is -3.30. The largest absolute Gasteiger partial charge is 0.399 e. The van der Waals surface area contributed by atoms with Crippen LogP contribution in [-0.4, -0.2) is 33.7 Å². The summed E-state index contributed by atoms with van der Waals surface area (Å²) in [6.07, 6.45) is 3.45. The number of amides is 1. The Balaban J connectivity index is 0.00000261. The van der Waals surface area contributed by atoms with Crippen molar-refractivity contribution in [1.29, 1.82) is 0 Å². The Morgan fingerprint density at radius 2 is 1.89 bits per heavy atom. The summed E-state index contributed by atoms with van der Waals surface area (Å²) in [5, 5.41) is 2.91. The van der Waals surface area contributed by atoms with E-state index in [9.17, 15) is 13.2 Å². The highest BCUT2D eigenvalue weighted by Gasteiger charge is 2.24. The molecule has 0 saturated carbocycles. The van der Waals surface area contributed by atoms with Gasteiger partial charge >= 0.3 is 0 Å². The van der Waals surface area contributed by atoms with Gasteiger partial charge in [0, 0.05) is 24.3 Å². The van der Waals surface area contributed by atoms with Crippen LogP contribution in [0, 0.1) is 0 Å². The van der Waals surface area contributed by atoms with Gasteiger partial charge in [-0.25, -0.2) is 8.42 Å². The number of sulfonamides is 1. The first kappa shape index (κ1) is 21.1. The Morgan fingerprint density at radius 3 is 2.56 bits per heavy atom. The maximum atomic E-state index is 12.4. The fourth-order valence-electron chi connectivity index (χ4n) is 3.16. The Kier molecular flexibility index (Phi) is 6.73. The van der Waals surface area contributed by atoms with Crippen LogP contribution in [0.25, 0.3) is 0 Å². The number of nitrogens with one attached hydrogen (secondary N) is 1. The van der Waals surface area contributed by atoms with Crippen molar-refractivity contribution in [2.45, 2.75) is 19.3 Å². The number of benzene rings is 2. The molecule has 1 heterocycles. The third kappa shape index (κ3) is 5.14. The summed E-state index contributed by atoms with van der Waals surface area (Å²) in [5.74, 6) is -0.153. The normalized spacial score (nSPS) is 13.4. The van der Waals surface area contributed by atoms with E-state index in [0.29, 0.717) is 24.3 Å². The second-order valence-corrected chi connectivity index (χ2v) is 8.44. The number of hydrogen-bond acceptors (Lipinski definition) is 4. The van der Waals surface area contributed by atoms with Gasteiger partial charge < -0.3 is 11.1 Å². The minimum absolute atomic E-state index is 0. The number of aryl methyl sites for hydroxylation is 1. The molecular formula is C19H24ClN3O3S. The quantitative estimate of drug-likeness (QED) is 0.741. The maximum Gasteiger partial charge on any atom is 0.251 e. The molecule has 0 saturated heterocycles. The predicted molar refractivity (Wildman–Crippen MR) is 111 cm³/mol. The van der Waals surface area contributed by atoms with Gasteiger partial charge in [0.25, 0.3) is 5.91 Å². The first-order chi connectivity index (χ1) is 12.3. The highest BCUT2D eigenvalue weighted by Crippen LogP contribution is 2.29. The highest BCUT2D eigenvalue weighted by molar-refractivity contribution is 7.92. The van der Waals surface area contributed by atoms with Gasteiger partial charge in [-0.3, -0.25) is 9.10 Å². The third-order valence-corrected chi connectivity index (χ3v) is 5.68. The van der Waals surface area contributed by atoms with E-state index in [2.05, 4.69) is 5.32 Å². The van der Waals surface area contributed by atoms with E-state index in [1.807, 2.05) is 24.3 Å². The number of nitrogen functional groups attached to an aromatic ring is 1. The first-order valence-corrected chi connectivity index (χ1v) is 10.4. The Bertz CT molecular complexity index is 914. The second kappa shape index (κ2) is 8.63. The van der Waals surface area contributed by atoms with Gasteiger partial charge in [-0.1, -0.05) is 12.1 Å². The molecule has 0 radical (unpaired) electrons. The molecule has 0 aliphatic carbocycles. The molecule has 2 aromatic carbocycles. The molecule has 0 bridgehead atoms. The molecule has 0 fully saturated rings. The monoisotopic (exact) mass is 409 g/mol. The van der Waals surface area contributed by atoms with Gasteiger partial charge in [0.1, 0.15) is 0 Å². The average molecular weight is 410 g/mol. The summed E-state index contributed by atoms with van der Waals surface area (Å²) in [7, 11) is -3.30. The van der Waals surface area contributed by atoms with Gasteiger partial charge in [0.15, 0.2) is 0 Å². The number of halogens is 1. The van der Waals surface area contributed by atoms with E-state index in [-0.39, 0.29) is 18.3 Å². The number of rotatable bonds is 5. The van der Waals surface area contributed by atoms with E-state index in [1.165, 1.54) is 10.6 Å². The number of anilines is 2. The van der Waals surface area contributed by atoms with Crippen molar-refractivity contribution < 1.29 is 13.2 Å². The average Bonchev–Trinajstić information content (AvgIpc) is 2.61. The van der Waals surface area contributed by atoms with Crippen molar-refractivity contribution >= 4 is 39.7 Å². The zero-order valence-electron chi connectivity index (χ0n) is 15.1. The van der Waals surface area contributed by atoms with Crippen LogP contribution in [-0.2, 0) is 22.9 Å². The summed E-state index contributed by atoms with van der Waals surface area (Å²) in [4.78, 5) is 12.4. The summed E-state index contributed by atoms with van der Waals surface area (Å²) in [6, 6.07) is 12.8. The van der Waals surface area contributed by atoms with Crippen LogP contribution in [0.5, 0.6) is 0 Å². The standard InChI is InChI=1S/C19H23N3O3S.ClH/c1-26(24,25)22-12-2-3-15-13-16(6-9-18(15)22)19(23)21-11-10-14-4-7-17(20)8-5-14;/h4-9,13H,2-3,10-12,20H2,1H3,(H,21,23);1H. The van der Waals surface area contributed by atoms with Gasteiger partial charge in [-0.15, -0.1) is 12.4 Å². The fourth-order valence-corrected chi connectivity index (χ4v) is 4.15. The Hall–Kier alpha value is -2.25. The van der Waals surface area contributed by atoms with E-state index in [0.717, 1.165) is 36.1 Å². The number of carbonyl (C=O) groups is 1. The third-order valence-electron chi connectivity index (χ3n) is 4.50. The molecule has 1 aliphatic heterocycles. The molecule has 0 unspecified atom stereocenters. The number of nitrogens with two attached hydrogens (primary N) is 1. The van der Waals surface area contributed by atoms with Gasteiger partial charge in [0.2, 0.25) is 10.0 Å². The predicted octanol–water partition coefficient (Wildman–Crippen LogP) is 2.38. The fraction of sp³-hybridized carbons (Fsp3) is 0.316. The van der Waals surface area contributed by atoms with Crippen molar-refractivity contribution in [2.75, 3.05) is 29.4 Å². The molecular weight excluding hydrogens is 386 g/mol. The van der Waals surface area contributed by atoms with E-state index < -0.39 is 10.0 Å². The van der Waals surface area contributed by atoms with Crippen LogP contribution in [0.4, 0.5) is 11.4 Å². The molecule has 3 rings (SSSR count). The summed E-state index contributed by atoms with van der Waals surface area (Å²) >= 11 is 0. The lowest BCUT2D eigenvalue weighted by Gasteiger charge is -2.29. The summed E-state index contributed by atoms with van der Waals surface area (Å²) in [5.41, 5.74) is 9.61. The summed E-state index contributed by atoms with van der Waals surface area (Å²) in [6.45, 7) is 1.01. The Labute approximate surface area is 166 Å². The lowest BCUT2D eigenvalue weighted by atomic mass is 10.0. The van der Waals surface area contributed by atoms with Crippen molar-refractivity contribution in [1.82, 2.24) is 5.32 Å². The van der Waals surface area contributed by atoms with Crippen LogP contribution in [0.15, 0.2) is 42.5 Å². The van der Waals surface area contributed by atoms with Gasteiger partial charge in [-0.2, -0.15) is 0 Å². The minimum Gasteiger partial charge on any atom is -0.399 e. The van der Waals surface area contributed by atoms with Crippen LogP contribution in [0.2, 0.25) is 0 Å². The lowest BCUT2D eigenvalue weighted by molar-refractivity contribution is 0.0954. The molecule has 6 nitrogen and oxygen atoms in total. The molecule has 3 N–H and O–H groups in total. The topological polar surface area (TPSA) is 92.5 Å². The second-order valence-electron chi connectivity index (χ2n) is 6.53. The van der Waals surface area contributed by atoms with Crippen molar-refractivity contribution in [3.63, 3.8) is 0 Å². The molecule has 0 atom stereocenters. The number of carbonyl (C=O) groups excluding carboxylic acids is 1. The van der Waals surface area contributed by atoms with Crippen LogP contribution in [0.3, 0.4) is 0 Å². The molecule has 146 valence electrons. The SMILES string of the molecule is CS(=O)(=O)N1CCCc2cc(C(=O)NCCc3ccc(N)cc3)ccc21.Cl. The molecule has 0 aromatic heterocycles. The van der Waals surface area contributed by atoms with Crippen LogP contribution < -0.4 is 15.4 Å². The van der Waals surface area contributed by atoms with Crippen LogP contribution >= 0.6 is 12.4 Å². The van der Waals surface area contributed by atoms with Crippen molar-refractivity contribution in [3.05, 3.63) is 59.2 Å². The maximum absolute atomic E-state index is 12.4. The van der Waals surface area contributed by atoms with E-state index >= 15 is 0 Å². The van der Waals surface area contributed by atoms with E-state index in [1.54, 1.807) is 18.2 Å². The van der Waals surface area contributed by atoms with Crippen molar-refractivity contribution in [3.8, 4) is 0 Å². The molecule has 0 spiro atoms. The smallest absolute Gasteiger partial charge is 0.251 e. The number of hydrogen-bond donors (Lipinski definition) is 2. The van der Waals surface area contributed by atoms with Gasteiger partial charge in [-0.05, 0) is 60.7 Å². The van der Waals surface area contributed by atoms with Crippen molar-refractivity contribution in [2.24, 2.45) is 0 Å². The lowest BCUT2D eigenvalue weighted by Crippen LogP contribution is -2.34. The first-order valence-electron chi connectivity index (χ1n) is 8.58.